The first-order valence-corrected chi connectivity index (χ1v) is 8.52. The first-order valence-electron chi connectivity index (χ1n) is 7.76. The van der Waals surface area contributed by atoms with Crippen molar-refractivity contribution in [3.8, 4) is 11.5 Å². The lowest BCUT2D eigenvalue weighted by atomic mass is 10.1. The van der Waals surface area contributed by atoms with Gasteiger partial charge in [0, 0.05) is 5.02 Å². The lowest BCUT2D eigenvalue weighted by molar-refractivity contribution is -0.121. The number of nitrogens with one attached hydrogen (secondary N) is 1. The molecule has 0 radical (unpaired) electrons. The van der Waals surface area contributed by atoms with Crippen molar-refractivity contribution in [2.75, 3.05) is 13.2 Å². The second-order valence-electron chi connectivity index (χ2n) is 5.73. The van der Waals surface area contributed by atoms with Gasteiger partial charge >= 0.3 is 0 Å². The molecule has 1 heterocycles. The van der Waals surface area contributed by atoms with E-state index in [1.807, 2.05) is 6.07 Å². The Balaban J connectivity index is 1.67. The summed E-state index contributed by atoms with van der Waals surface area (Å²) < 4.78 is 24.6. The second kappa shape index (κ2) is 7.50. The van der Waals surface area contributed by atoms with Crippen molar-refractivity contribution in [2.24, 2.45) is 0 Å². The minimum absolute atomic E-state index is 0.0523. The molecule has 0 fully saturated rings. The van der Waals surface area contributed by atoms with E-state index in [-0.39, 0.29) is 17.4 Å². The number of carbonyl (C=O) groups excluding carboxylic acids is 1. The third-order valence-corrected chi connectivity index (χ3v) is 4.47. The van der Waals surface area contributed by atoms with E-state index in [1.165, 1.54) is 12.1 Å². The molecule has 0 aromatic heterocycles. The lowest BCUT2D eigenvalue weighted by Crippen LogP contribution is -2.28. The van der Waals surface area contributed by atoms with E-state index < -0.39 is 11.9 Å². The van der Waals surface area contributed by atoms with Gasteiger partial charge in [0.2, 0.25) is 5.91 Å². The minimum Gasteiger partial charge on any atom is -0.486 e. The Bertz CT molecular complexity index is 813. The first kappa shape index (κ1) is 17.8. The fraction of sp³-hybridized carbons (Fsp3) is 0.278. The number of halogens is 3. The third-order valence-electron chi connectivity index (χ3n) is 3.85. The quantitative estimate of drug-likeness (QED) is 0.799. The van der Waals surface area contributed by atoms with Gasteiger partial charge in [-0.3, -0.25) is 4.79 Å². The molecule has 132 valence electrons. The van der Waals surface area contributed by atoms with Crippen LogP contribution < -0.4 is 14.8 Å². The van der Waals surface area contributed by atoms with Crippen molar-refractivity contribution in [1.29, 1.82) is 0 Å². The smallest absolute Gasteiger partial charge is 0.224 e. The van der Waals surface area contributed by atoms with E-state index in [9.17, 15) is 9.18 Å². The number of hydrogen-bond donors (Lipinski definition) is 1. The van der Waals surface area contributed by atoms with Crippen molar-refractivity contribution in [3.63, 3.8) is 0 Å². The Morgan fingerprint density at radius 1 is 1.16 bits per heavy atom. The van der Waals surface area contributed by atoms with Crippen LogP contribution >= 0.6 is 23.2 Å². The van der Waals surface area contributed by atoms with Gasteiger partial charge in [0.1, 0.15) is 19.0 Å². The van der Waals surface area contributed by atoms with Crippen LogP contribution in [0.4, 0.5) is 4.39 Å². The Kier molecular flexibility index (Phi) is 5.35. The summed E-state index contributed by atoms with van der Waals surface area (Å²) in [5.74, 6) is 0.518. The summed E-state index contributed by atoms with van der Waals surface area (Å²) in [5.41, 5.74) is 1.27. The number of rotatable bonds is 4. The fourth-order valence-corrected chi connectivity index (χ4v) is 3.17. The molecule has 7 heteroatoms. The van der Waals surface area contributed by atoms with Crippen LogP contribution in [0.3, 0.4) is 0 Å². The molecule has 0 bridgehead atoms. The summed E-state index contributed by atoms with van der Waals surface area (Å²) in [6, 6.07) is 7.49. The zero-order valence-corrected chi connectivity index (χ0v) is 15.0. The van der Waals surface area contributed by atoms with Gasteiger partial charge in [-0.2, -0.15) is 0 Å². The Morgan fingerprint density at radius 2 is 1.88 bits per heavy atom. The molecule has 25 heavy (non-hydrogen) atoms. The van der Waals surface area contributed by atoms with E-state index in [2.05, 4.69) is 5.32 Å². The van der Waals surface area contributed by atoms with Gasteiger partial charge in [-0.05, 0) is 42.3 Å². The summed E-state index contributed by atoms with van der Waals surface area (Å²) in [7, 11) is 0. The molecule has 4 nitrogen and oxygen atoms in total. The van der Waals surface area contributed by atoms with Crippen molar-refractivity contribution < 1.29 is 18.7 Å². The largest absolute Gasteiger partial charge is 0.486 e. The van der Waals surface area contributed by atoms with Gasteiger partial charge in [-0.15, -0.1) is 0 Å². The van der Waals surface area contributed by atoms with Crippen molar-refractivity contribution in [2.45, 2.75) is 19.4 Å². The molecule has 0 aliphatic carbocycles. The molecule has 0 saturated carbocycles. The Morgan fingerprint density at radius 3 is 2.64 bits per heavy atom. The van der Waals surface area contributed by atoms with Crippen molar-refractivity contribution in [3.05, 3.63) is 57.3 Å². The molecule has 1 atom stereocenters. The van der Waals surface area contributed by atoms with Gasteiger partial charge in [0.25, 0.3) is 0 Å². The van der Waals surface area contributed by atoms with Gasteiger partial charge in [0.15, 0.2) is 11.5 Å². The van der Waals surface area contributed by atoms with Crippen LogP contribution in [-0.2, 0) is 11.2 Å². The maximum absolute atomic E-state index is 13.6. The molecule has 1 aliphatic rings. The predicted molar refractivity (Wildman–Crippen MR) is 94.1 cm³/mol. The number of amides is 1. The van der Waals surface area contributed by atoms with Crippen LogP contribution in [0.5, 0.6) is 11.5 Å². The van der Waals surface area contributed by atoms with Crippen LogP contribution in [0.15, 0.2) is 30.3 Å². The highest BCUT2D eigenvalue weighted by molar-refractivity contribution is 6.35. The van der Waals surface area contributed by atoms with E-state index >= 15 is 0 Å². The number of fused-ring (bicyclic) bond motifs is 1. The van der Waals surface area contributed by atoms with Crippen molar-refractivity contribution >= 4 is 29.1 Å². The second-order valence-corrected chi connectivity index (χ2v) is 6.55. The van der Waals surface area contributed by atoms with Gasteiger partial charge in [0.05, 0.1) is 17.5 Å². The van der Waals surface area contributed by atoms with Gasteiger partial charge in [-0.1, -0.05) is 29.3 Å². The van der Waals surface area contributed by atoms with Gasteiger partial charge in [-0.25, -0.2) is 4.39 Å². The third kappa shape index (κ3) is 4.17. The topological polar surface area (TPSA) is 47.6 Å². The highest BCUT2D eigenvalue weighted by Crippen LogP contribution is 2.31. The molecular weight excluding hydrogens is 368 g/mol. The maximum atomic E-state index is 13.6. The summed E-state index contributed by atoms with van der Waals surface area (Å²) in [6.45, 7) is 2.74. The molecule has 0 unspecified atom stereocenters. The van der Waals surface area contributed by atoms with Crippen LogP contribution in [0, 0.1) is 5.82 Å². The van der Waals surface area contributed by atoms with Crippen LogP contribution in [0.1, 0.15) is 24.1 Å². The highest BCUT2D eigenvalue weighted by atomic mass is 35.5. The Labute approximate surface area is 154 Å². The van der Waals surface area contributed by atoms with Crippen LogP contribution in [0.2, 0.25) is 10.0 Å². The molecule has 1 amide bonds. The zero-order valence-electron chi connectivity index (χ0n) is 13.4. The first-order chi connectivity index (χ1) is 11.9. The SMILES string of the molecule is C[C@@H](NC(=O)Cc1ccc2c(c1)OCCO2)c1cc(F)c(Cl)cc1Cl. The Hall–Kier alpha value is -1.98. The zero-order chi connectivity index (χ0) is 18.0. The summed E-state index contributed by atoms with van der Waals surface area (Å²) >= 11 is 11.8. The summed E-state index contributed by atoms with van der Waals surface area (Å²) in [6.07, 6.45) is 0.161. The molecule has 0 spiro atoms. The van der Waals surface area contributed by atoms with Crippen molar-refractivity contribution in [1.82, 2.24) is 5.32 Å². The number of ether oxygens (including phenoxy) is 2. The average Bonchev–Trinajstić information content (AvgIpc) is 2.57. The fourth-order valence-electron chi connectivity index (χ4n) is 2.62. The molecule has 1 N–H and O–H groups in total. The van der Waals surface area contributed by atoms with E-state index in [4.69, 9.17) is 32.7 Å². The summed E-state index contributed by atoms with van der Waals surface area (Å²) in [5, 5.41) is 3.06. The van der Waals surface area contributed by atoms with Gasteiger partial charge < -0.3 is 14.8 Å². The van der Waals surface area contributed by atoms with E-state index in [0.717, 1.165) is 5.56 Å². The average molecular weight is 384 g/mol. The predicted octanol–water partition coefficient (Wildman–Crippen LogP) is 4.32. The highest BCUT2D eigenvalue weighted by Gasteiger charge is 2.17. The number of hydrogen-bond acceptors (Lipinski definition) is 3. The molecule has 3 rings (SSSR count). The summed E-state index contributed by atoms with van der Waals surface area (Å²) in [4.78, 5) is 12.3. The molecule has 1 aliphatic heterocycles. The van der Waals surface area contributed by atoms with E-state index in [0.29, 0.717) is 35.3 Å². The van der Waals surface area contributed by atoms with Crippen LogP contribution in [-0.4, -0.2) is 19.1 Å². The normalized spacial score (nSPS) is 14.1. The standard InChI is InChI=1S/C18H16Cl2FNO3/c1-10(12-8-15(21)14(20)9-13(12)19)22-18(23)7-11-2-3-16-17(6-11)25-5-4-24-16/h2-3,6,8-10H,4-5,7H2,1H3,(H,22,23)/t10-/m1/s1. The number of carbonyl (C=O) groups is 1. The van der Waals surface area contributed by atoms with E-state index in [1.54, 1.807) is 19.1 Å². The van der Waals surface area contributed by atoms with Crippen LogP contribution in [0.25, 0.3) is 0 Å². The molecular formula is C18H16Cl2FNO3. The molecule has 2 aromatic carbocycles. The number of benzene rings is 2. The maximum Gasteiger partial charge on any atom is 0.224 e. The lowest BCUT2D eigenvalue weighted by Gasteiger charge is -2.19. The molecule has 2 aromatic rings. The molecule has 0 saturated heterocycles. The monoisotopic (exact) mass is 383 g/mol. The minimum atomic E-state index is -0.575.